The van der Waals surface area contributed by atoms with Crippen LogP contribution < -0.4 is 5.32 Å². The van der Waals surface area contributed by atoms with Gasteiger partial charge in [-0.15, -0.1) is 16.4 Å². The minimum absolute atomic E-state index is 0.00419. The van der Waals surface area contributed by atoms with E-state index in [-0.39, 0.29) is 5.91 Å². The maximum absolute atomic E-state index is 12.3. The standard InChI is InChI=1S/C17H19N5OS/c23-15(11-12-5-2-1-3-6-12)19-16-20-17-18-9-8-13(22(17)21-16)14-7-4-10-24-14/h4,7-10,12H,1-3,5-6,11H2,(H,19,21,23). The predicted molar refractivity (Wildman–Crippen MR) is 93.9 cm³/mol. The van der Waals surface area contributed by atoms with Crippen molar-refractivity contribution in [1.82, 2.24) is 19.6 Å². The Kier molecular flexibility index (Phi) is 4.25. The van der Waals surface area contributed by atoms with Crippen molar-refractivity contribution in [3.8, 4) is 10.6 Å². The van der Waals surface area contributed by atoms with Crippen molar-refractivity contribution in [2.45, 2.75) is 38.5 Å². The SMILES string of the molecule is O=C(CC1CCCCC1)Nc1nc2nccc(-c3cccs3)n2n1. The maximum atomic E-state index is 12.3. The largest absolute Gasteiger partial charge is 0.293 e. The van der Waals surface area contributed by atoms with Crippen LogP contribution in [0.5, 0.6) is 0 Å². The van der Waals surface area contributed by atoms with E-state index in [1.54, 1.807) is 22.0 Å². The van der Waals surface area contributed by atoms with Crippen molar-refractivity contribution in [3.05, 3.63) is 29.8 Å². The highest BCUT2D eigenvalue weighted by molar-refractivity contribution is 7.13. The molecule has 0 unspecified atom stereocenters. The fraction of sp³-hybridized carbons (Fsp3) is 0.412. The van der Waals surface area contributed by atoms with E-state index in [2.05, 4.69) is 20.4 Å². The number of hydrogen-bond acceptors (Lipinski definition) is 5. The molecule has 0 atom stereocenters. The molecule has 0 saturated heterocycles. The van der Waals surface area contributed by atoms with Crippen LogP contribution in [0.15, 0.2) is 29.8 Å². The van der Waals surface area contributed by atoms with Crippen LogP contribution >= 0.6 is 11.3 Å². The van der Waals surface area contributed by atoms with Crippen molar-refractivity contribution >= 4 is 29.0 Å². The second-order valence-corrected chi connectivity index (χ2v) is 7.16. The zero-order chi connectivity index (χ0) is 16.4. The average Bonchev–Trinajstić information content (AvgIpc) is 3.24. The Bertz CT molecular complexity index is 836. The average molecular weight is 341 g/mol. The third-order valence-corrected chi connectivity index (χ3v) is 5.36. The zero-order valence-electron chi connectivity index (χ0n) is 13.3. The van der Waals surface area contributed by atoms with Gasteiger partial charge in [0, 0.05) is 12.6 Å². The number of fused-ring (bicyclic) bond motifs is 1. The van der Waals surface area contributed by atoms with Gasteiger partial charge < -0.3 is 0 Å². The lowest BCUT2D eigenvalue weighted by atomic mass is 9.87. The number of nitrogens with one attached hydrogen (secondary N) is 1. The summed E-state index contributed by atoms with van der Waals surface area (Å²) in [6.07, 6.45) is 8.33. The van der Waals surface area contributed by atoms with Gasteiger partial charge in [-0.1, -0.05) is 25.3 Å². The van der Waals surface area contributed by atoms with E-state index in [0.29, 0.717) is 24.1 Å². The van der Waals surface area contributed by atoms with E-state index in [4.69, 9.17) is 0 Å². The highest BCUT2D eigenvalue weighted by atomic mass is 32.1. The number of anilines is 1. The summed E-state index contributed by atoms with van der Waals surface area (Å²) in [6.45, 7) is 0. The fourth-order valence-corrected chi connectivity index (χ4v) is 4.02. The number of hydrogen-bond donors (Lipinski definition) is 1. The number of thiophene rings is 1. The van der Waals surface area contributed by atoms with Crippen LogP contribution in [0.25, 0.3) is 16.3 Å². The molecule has 1 aliphatic rings. The first-order valence-corrected chi connectivity index (χ1v) is 9.23. The highest BCUT2D eigenvalue weighted by Crippen LogP contribution is 2.27. The van der Waals surface area contributed by atoms with Gasteiger partial charge in [0.2, 0.25) is 5.91 Å². The number of carbonyl (C=O) groups excluding carboxylic acids is 1. The molecule has 3 aromatic heterocycles. The van der Waals surface area contributed by atoms with Gasteiger partial charge in [-0.25, -0.2) is 4.98 Å². The van der Waals surface area contributed by atoms with Crippen molar-refractivity contribution in [2.24, 2.45) is 5.92 Å². The molecule has 0 bridgehead atoms. The first-order valence-electron chi connectivity index (χ1n) is 8.35. The lowest BCUT2D eigenvalue weighted by Crippen LogP contribution is -2.19. The molecule has 1 amide bonds. The zero-order valence-corrected chi connectivity index (χ0v) is 14.1. The summed E-state index contributed by atoms with van der Waals surface area (Å²) >= 11 is 1.63. The molecule has 0 aromatic carbocycles. The lowest BCUT2D eigenvalue weighted by Gasteiger charge is -2.20. The molecular formula is C17H19N5OS. The summed E-state index contributed by atoms with van der Waals surface area (Å²) < 4.78 is 1.68. The number of nitrogens with zero attached hydrogens (tertiary/aromatic N) is 4. The third kappa shape index (κ3) is 3.17. The molecule has 1 saturated carbocycles. The van der Waals surface area contributed by atoms with E-state index in [1.807, 2.05) is 23.6 Å². The summed E-state index contributed by atoms with van der Waals surface area (Å²) in [7, 11) is 0. The second kappa shape index (κ2) is 6.68. The predicted octanol–water partition coefficient (Wildman–Crippen LogP) is 3.76. The van der Waals surface area contributed by atoms with Crippen molar-refractivity contribution in [2.75, 3.05) is 5.32 Å². The Morgan fingerprint density at radius 1 is 1.29 bits per heavy atom. The van der Waals surface area contributed by atoms with Gasteiger partial charge in [0.1, 0.15) is 0 Å². The summed E-state index contributed by atoms with van der Waals surface area (Å²) in [4.78, 5) is 21.9. The molecule has 24 heavy (non-hydrogen) atoms. The quantitative estimate of drug-likeness (QED) is 0.784. The molecule has 0 radical (unpaired) electrons. The smallest absolute Gasteiger partial charge is 0.254 e. The van der Waals surface area contributed by atoms with Crippen LogP contribution in [-0.4, -0.2) is 25.5 Å². The fourth-order valence-electron chi connectivity index (χ4n) is 3.29. The van der Waals surface area contributed by atoms with Gasteiger partial charge in [0.15, 0.2) is 0 Å². The molecule has 6 nitrogen and oxygen atoms in total. The molecule has 3 aromatic rings. The normalized spacial score (nSPS) is 15.7. The minimum Gasteiger partial charge on any atom is -0.293 e. The van der Waals surface area contributed by atoms with Crippen LogP contribution in [0.4, 0.5) is 5.95 Å². The first kappa shape index (κ1) is 15.3. The number of carbonyl (C=O) groups is 1. The van der Waals surface area contributed by atoms with E-state index in [9.17, 15) is 4.79 Å². The summed E-state index contributed by atoms with van der Waals surface area (Å²) in [5.41, 5.74) is 0.926. The van der Waals surface area contributed by atoms with Gasteiger partial charge in [0.25, 0.3) is 11.7 Å². The molecule has 7 heteroatoms. The van der Waals surface area contributed by atoms with E-state index in [1.165, 1.54) is 19.3 Å². The molecule has 0 aliphatic heterocycles. The van der Waals surface area contributed by atoms with Crippen LogP contribution in [0.1, 0.15) is 38.5 Å². The molecule has 4 rings (SSSR count). The molecule has 3 heterocycles. The van der Waals surface area contributed by atoms with E-state index < -0.39 is 0 Å². The number of amides is 1. The Morgan fingerprint density at radius 2 is 2.17 bits per heavy atom. The molecule has 124 valence electrons. The summed E-state index contributed by atoms with van der Waals surface area (Å²) in [6, 6.07) is 5.93. The van der Waals surface area contributed by atoms with Gasteiger partial charge in [-0.3, -0.25) is 10.1 Å². The minimum atomic E-state index is -0.00419. The van der Waals surface area contributed by atoms with Crippen LogP contribution in [0.2, 0.25) is 0 Å². The topological polar surface area (TPSA) is 72.2 Å². The summed E-state index contributed by atoms with van der Waals surface area (Å²) in [5.74, 6) is 1.31. The Morgan fingerprint density at radius 3 is 2.96 bits per heavy atom. The molecule has 0 spiro atoms. The molecular weight excluding hydrogens is 322 g/mol. The Balaban J connectivity index is 1.52. The van der Waals surface area contributed by atoms with Crippen LogP contribution in [-0.2, 0) is 4.79 Å². The highest BCUT2D eigenvalue weighted by Gasteiger charge is 2.18. The van der Waals surface area contributed by atoms with Crippen LogP contribution in [0.3, 0.4) is 0 Å². The van der Waals surface area contributed by atoms with E-state index >= 15 is 0 Å². The van der Waals surface area contributed by atoms with E-state index in [0.717, 1.165) is 23.4 Å². The number of rotatable bonds is 4. The molecule has 1 aliphatic carbocycles. The molecule has 1 fully saturated rings. The van der Waals surface area contributed by atoms with Crippen molar-refractivity contribution < 1.29 is 4.79 Å². The Hall–Kier alpha value is -2.28. The first-order chi connectivity index (χ1) is 11.8. The van der Waals surface area contributed by atoms with Gasteiger partial charge in [0.05, 0.1) is 10.6 Å². The van der Waals surface area contributed by atoms with Crippen molar-refractivity contribution in [3.63, 3.8) is 0 Å². The van der Waals surface area contributed by atoms with Gasteiger partial charge in [-0.05, 0) is 36.3 Å². The molecule has 1 N–H and O–H groups in total. The van der Waals surface area contributed by atoms with Gasteiger partial charge in [-0.2, -0.15) is 9.50 Å². The maximum Gasteiger partial charge on any atom is 0.254 e. The Labute approximate surface area is 143 Å². The summed E-state index contributed by atoms with van der Waals surface area (Å²) in [5, 5.41) is 9.27. The van der Waals surface area contributed by atoms with Crippen molar-refractivity contribution in [1.29, 1.82) is 0 Å². The second-order valence-electron chi connectivity index (χ2n) is 6.21. The number of aromatic nitrogens is 4. The monoisotopic (exact) mass is 341 g/mol. The van der Waals surface area contributed by atoms with Crippen LogP contribution in [0, 0.1) is 5.92 Å². The lowest BCUT2D eigenvalue weighted by molar-refractivity contribution is -0.117. The van der Waals surface area contributed by atoms with Gasteiger partial charge >= 0.3 is 0 Å². The third-order valence-electron chi connectivity index (χ3n) is 4.46.